The standard InChI is InChI=1S/C15H22O4.C14H19NO3.C9H11NO.C6H12O3/c1-15(2,3)19-14(17)11-18-10-9-13(16)12-7-5-4-6-8-12;1-14(2,3)18-13(16)15-12(9-10-17-15)11-7-5-4-6-8-11;1-2-4-8(5-3-1)9-6-7-11-10-9;1-6(2,3)9-5(8)4-7/h4-8,13,16H,9-11H2,1-3H3;4-8,12H,9-10H2,1-3H3;1-5,9-10H,6-7H2;7H,4H2,1-3H3/t13-;12-;9-;/m011./s1. The van der Waals surface area contributed by atoms with E-state index in [4.69, 9.17) is 33.7 Å². The van der Waals surface area contributed by atoms with Crippen LogP contribution in [-0.2, 0) is 38.2 Å². The zero-order chi connectivity index (χ0) is 42.5. The van der Waals surface area contributed by atoms with E-state index in [1.54, 1.807) is 20.8 Å². The van der Waals surface area contributed by atoms with Gasteiger partial charge in [0.2, 0.25) is 0 Å². The summed E-state index contributed by atoms with van der Waals surface area (Å²) in [5.74, 6) is -0.968. The van der Waals surface area contributed by atoms with Crippen LogP contribution < -0.4 is 5.48 Å². The maximum absolute atomic E-state index is 12.0. The second-order valence-corrected chi connectivity index (χ2v) is 16.2. The summed E-state index contributed by atoms with van der Waals surface area (Å²) in [6, 6.07) is 29.9. The van der Waals surface area contributed by atoms with E-state index in [2.05, 4.69) is 29.7 Å². The molecule has 13 heteroatoms. The van der Waals surface area contributed by atoms with Crippen LogP contribution in [0.25, 0.3) is 0 Å². The number of nitrogens with zero attached hydrogens (tertiary/aromatic N) is 1. The molecule has 0 saturated carbocycles. The molecule has 0 aliphatic carbocycles. The molecule has 2 heterocycles. The minimum Gasteiger partial charge on any atom is -0.458 e. The second-order valence-electron chi connectivity index (χ2n) is 16.2. The Morgan fingerprint density at radius 1 is 0.719 bits per heavy atom. The highest BCUT2D eigenvalue weighted by atomic mass is 16.7. The number of carbonyl (C=O) groups excluding carboxylic acids is 3. The number of rotatable bonds is 9. The summed E-state index contributed by atoms with van der Waals surface area (Å²) in [7, 11) is 0. The van der Waals surface area contributed by atoms with Gasteiger partial charge in [-0.05, 0) is 85.4 Å². The molecule has 3 atom stereocenters. The summed E-state index contributed by atoms with van der Waals surface area (Å²) in [4.78, 5) is 44.2. The first-order valence-corrected chi connectivity index (χ1v) is 19.3. The zero-order valence-electron chi connectivity index (χ0n) is 35.1. The quantitative estimate of drug-likeness (QED) is 0.110. The van der Waals surface area contributed by atoms with E-state index in [0.29, 0.717) is 25.7 Å². The number of benzene rings is 3. The summed E-state index contributed by atoms with van der Waals surface area (Å²) >= 11 is 0. The predicted molar refractivity (Wildman–Crippen MR) is 216 cm³/mol. The number of nitrogens with one attached hydrogen (secondary N) is 1. The second kappa shape index (κ2) is 24.4. The number of hydroxylamine groups is 3. The summed E-state index contributed by atoms with van der Waals surface area (Å²) in [5, 5.41) is 19.4. The van der Waals surface area contributed by atoms with Crippen LogP contribution in [0.15, 0.2) is 91.0 Å². The van der Waals surface area contributed by atoms with Gasteiger partial charge in [-0.15, -0.1) is 0 Å². The molecule has 1 amide bonds. The highest BCUT2D eigenvalue weighted by molar-refractivity contribution is 5.71. The molecule has 13 nitrogen and oxygen atoms in total. The SMILES string of the molecule is CC(C)(C)OC(=O)CO.CC(C)(C)OC(=O)COCC[C@H](O)c1ccccc1.CC(C)(C)OC(=O)N1OCC[C@@H]1c1ccccc1.c1ccc([C@H]2CCON2)cc1. The molecule has 3 aromatic carbocycles. The lowest BCUT2D eigenvalue weighted by Gasteiger charge is -2.27. The van der Waals surface area contributed by atoms with Crippen molar-refractivity contribution in [2.24, 2.45) is 0 Å². The Hall–Kier alpha value is -4.37. The molecule has 0 aromatic heterocycles. The summed E-state index contributed by atoms with van der Waals surface area (Å²) < 4.78 is 20.3. The molecule has 2 aliphatic heterocycles. The number of carbonyl (C=O) groups is 3. The molecule has 316 valence electrons. The Bertz CT molecular complexity index is 1560. The van der Waals surface area contributed by atoms with Crippen LogP contribution in [0, 0.1) is 0 Å². The van der Waals surface area contributed by atoms with E-state index in [1.807, 2.05) is 108 Å². The van der Waals surface area contributed by atoms with Crippen molar-refractivity contribution in [1.82, 2.24) is 10.5 Å². The third-order valence-corrected chi connectivity index (χ3v) is 7.51. The van der Waals surface area contributed by atoms with Crippen LogP contribution in [-0.4, -0.2) is 83.1 Å². The molecule has 3 aromatic rings. The van der Waals surface area contributed by atoms with Crippen molar-refractivity contribution < 1.29 is 53.2 Å². The van der Waals surface area contributed by atoms with Crippen molar-refractivity contribution in [3.8, 4) is 0 Å². The maximum atomic E-state index is 12.0. The van der Waals surface area contributed by atoms with Gasteiger partial charge >= 0.3 is 18.0 Å². The van der Waals surface area contributed by atoms with Gasteiger partial charge in [-0.1, -0.05) is 91.0 Å². The fraction of sp³-hybridized carbons (Fsp3) is 0.523. The number of hydrogen-bond acceptors (Lipinski definition) is 12. The monoisotopic (exact) mass is 796 g/mol. The molecular formula is C44H64N2O11. The van der Waals surface area contributed by atoms with E-state index in [0.717, 1.165) is 30.6 Å². The van der Waals surface area contributed by atoms with Crippen molar-refractivity contribution in [3.63, 3.8) is 0 Å². The van der Waals surface area contributed by atoms with Crippen LogP contribution in [0.1, 0.15) is 116 Å². The van der Waals surface area contributed by atoms with Gasteiger partial charge in [0.05, 0.1) is 38.0 Å². The van der Waals surface area contributed by atoms with Crippen molar-refractivity contribution in [2.45, 2.75) is 117 Å². The molecule has 0 unspecified atom stereocenters. The van der Waals surface area contributed by atoms with Crippen LogP contribution in [0.2, 0.25) is 0 Å². The molecule has 3 N–H and O–H groups in total. The van der Waals surface area contributed by atoms with E-state index >= 15 is 0 Å². The van der Waals surface area contributed by atoms with Gasteiger partial charge in [-0.3, -0.25) is 4.84 Å². The summed E-state index contributed by atoms with van der Waals surface area (Å²) in [5.41, 5.74) is 4.71. The van der Waals surface area contributed by atoms with E-state index in [9.17, 15) is 19.5 Å². The van der Waals surface area contributed by atoms with Gasteiger partial charge in [0, 0.05) is 12.8 Å². The predicted octanol–water partition coefficient (Wildman–Crippen LogP) is 7.74. The maximum Gasteiger partial charge on any atom is 0.435 e. The lowest BCUT2D eigenvalue weighted by molar-refractivity contribution is -0.160. The Morgan fingerprint density at radius 3 is 1.70 bits per heavy atom. The highest BCUT2D eigenvalue weighted by Gasteiger charge is 2.34. The first-order chi connectivity index (χ1) is 26.8. The van der Waals surface area contributed by atoms with Crippen molar-refractivity contribution in [3.05, 3.63) is 108 Å². The number of amides is 1. The van der Waals surface area contributed by atoms with Gasteiger partial charge in [0.1, 0.15) is 30.0 Å². The lowest BCUT2D eigenvalue weighted by atomic mass is 10.1. The molecule has 2 fully saturated rings. The largest absolute Gasteiger partial charge is 0.458 e. The van der Waals surface area contributed by atoms with E-state index in [1.165, 1.54) is 10.6 Å². The minimum atomic E-state index is -0.581. The average molecular weight is 797 g/mol. The van der Waals surface area contributed by atoms with E-state index < -0.39 is 41.6 Å². The lowest BCUT2D eigenvalue weighted by Crippen LogP contribution is -2.35. The Morgan fingerprint density at radius 2 is 1.23 bits per heavy atom. The number of aliphatic hydroxyl groups is 2. The Kier molecular flexibility index (Phi) is 20.9. The summed E-state index contributed by atoms with van der Waals surface area (Å²) in [6.45, 7) is 17.3. The third kappa shape index (κ3) is 21.7. The normalized spacial score (nSPS) is 17.0. The fourth-order valence-electron chi connectivity index (χ4n) is 5.19. The van der Waals surface area contributed by atoms with Crippen molar-refractivity contribution in [1.29, 1.82) is 0 Å². The molecule has 5 rings (SSSR count). The average Bonchev–Trinajstić information content (AvgIpc) is 3.87. The first-order valence-electron chi connectivity index (χ1n) is 19.3. The third-order valence-electron chi connectivity index (χ3n) is 7.51. The Labute approximate surface area is 338 Å². The first kappa shape index (κ1) is 48.8. The number of hydrogen-bond donors (Lipinski definition) is 3. The minimum absolute atomic E-state index is 0.0546. The number of aliphatic hydroxyl groups excluding tert-OH is 2. The molecule has 0 spiro atoms. The van der Waals surface area contributed by atoms with Gasteiger partial charge in [0.25, 0.3) is 0 Å². The number of ether oxygens (including phenoxy) is 4. The highest BCUT2D eigenvalue weighted by Crippen LogP contribution is 2.31. The van der Waals surface area contributed by atoms with Crippen LogP contribution >= 0.6 is 0 Å². The molecule has 2 aliphatic rings. The van der Waals surface area contributed by atoms with Crippen molar-refractivity contribution in [2.75, 3.05) is 33.0 Å². The van der Waals surface area contributed by atoms with Gasteiger partial charge in [-0.25, -0.2) is 14.4 Å². The topological polar surface area (TPSA) is 162 Å². The van der Waals surface area contributed by atoms with Gasteiger partial charge in [0.15, 0.2) is 0 Å². The molecular weight excluding hydrogens is 732 g/mol. The van der Waals surface area contributed by atoms with Crippen LogP contribution in [0.5, 0.6) is 0 Å². The summed E-state index contributed by atoms with van der Waals surface area (Å²) in [6.07, 6.45) is 1.33. The molecule has 0 bridgehead atoms. The van der Waals surface area contributed by atoms with Crippen LogP contribution in [0.4, 0.5) is 4.79 Å². The molecule has 57 heavy (non-hydrogen) atoms. The van der Waals surface area contributed by atoms with Crippen molar-refractivity contribution >= 4 is 18.0 Å². The van der Waals surface area contributed by atoms with Gasteiger partial charge in [-0.2, -0.15) is 10.5 Å². The van der Waals surface area contributed by atoms with Gasteiger partial charge < -0.3 is 34.0 Å². The Balaban J connectivity index is 0.000000274. The van der Waals surface area contributed by atoms with Crippen LogP contribution in [0.3, 0.4) is 0 Å². The smallest absolute Gasteiger partial charge is 0.435 e. The molecule has 0 radical (unpaired) electrons. The zero-order valence-corrected chi connectivity index (χ0v) is 35.1. The number of esters is 2. The van der Waals surface area contributed by atoms with E-state index in [-0.39, 0.29) is 18.6 Å². The molecule has 2 saturated heterocycles. The fourth-order valence-corrected chi connectivity index (χ4v) is 5.19.